The van der Waals surface area contributed by atoms with Crippen LogP contribution < -0.4 is 15.4 Å². The van der Waals surface area contributed by atoms with Gasteiger partial charge >= 0.3 is 6.61 Å². The van der Waals surface area contributed by atoms with Crippen LogP contribution in [0.5, 0.6) is 5.75 Å². The second-order valence-corrected chi connectivity index (χ2v) is 4.85. The molecule has 0 fully saturated rings. The molecule has 2 N–H and O–H groups in total. The maximum absolute atomic E-state index is 12.0. The summed E-state index contributed by atoms with van der Waals surface area (Å²) in [6, 6.07) is 6.18. The van der Waals surface area contributed by atoms with E-state index in [0.29, 0.717) is 5.11 Å². The molecule has 0 aromatic heterocycles. The van der Waals surface area contributed by atoms with Gasteiger partial charge in [-0.15, -0.1) is 0 Å². The first-order valence-corrected chi connectivity index (χ1v) is 6.62. The number of thiocarbonyl (C=S) groups is 1. The summed E-state index contributed by atoms with van der Waals surface area (Å²) in [7, 11) is 4.03. The van der Waals surface area contributed by atoms with Crippen molar-refractivity contribution in [2.45, 2.75) is 13.0 Å². The third-order valence-electron chi connectivity index (χ3n) is 2.41. The van der Waals surface area contributed by atoms with E-state index in [4.69, 9.17) is 12.2 Å². The van der Waals surface area contributed by atoms with Gasteiger partial charge in [-0.3, -0.25) is 0 Å². The first kappa shape index (κ1) is 16.6. The molecule has 0 heterocycles. The fourth-order valence-electron chi connectivity index (χ4n) is 1.49. The highest BCUT2D eigenvalue weighted by atomic mass is 32.1. The van der Waals surface area contributed by atoms with Gasteiger partial charge in [0.15, 0.2) is 5.11 Å². The maximum atomic E-state index is 12.0. The van der Waals surface area contributed by atoms with Gasteiger partial charge in [-0.05, 0) is 63.5 Å². The lowest BCUT2D eigenvalue weighted by atomic mass is 10.3. The summed E-state index contributed by atoms with van der Waals surface area (Å²) in [5.74, 6) is 0.121. The van der Waals surface area contributed by atoms with Crippen LogP contribution >= 0.6 is 12.2 Å². The van der Waals surface area contributed by atoms with Crippen molar-refractivity contribution in [2.24, 2.45) is 0 Å². The molecule has 0 spiro atoms. The number of hydrogen-bond acceptors (Lipinski definition) is 3. The van der Waals surface area contributed by atoms with E-state index in [2.05, 4.69) is 20.3 Å². The monoisotopic (exact) mass is 303 g/mol. The molecule has 0 radical (unpaired) electrons. The molecule has 1 aromatic rings. The average Bonchev–Trinajstić information content (AvgIpc) is 2.36. The number of nitrogens with one attached hydrogen (secondary N) is 2. The van der Waals surface area contributed by atoms with Gasteiger partial charge in [0.1, 0.15) is 5.75 Å². The van der Waals surface area contributed by atoms with Gasteiger partial charge in [0.2, 0.25) is 0 Å². The van der Waals surface area contributed by atoms with Gasteiger partial charge in [-0.1, -0.05) is 0 Å². The van der Waals surface area contributed by atoms with Gasteiger partial charge in [0, 0.05) is 12.2 Å². The minimum absolute atomic E-state index is 0.121. The number of benzene rings is 1. The first-order chi connectivity index (χ1) is 9.47. The summed E-state index contributed by atoms with van der Waals surface area (Å²) in [6.07, 6.45) is 0.982. The molecule has 0 unspecified atom stereocenters. The van der Waals surface area contributed by atoms with Crippen molar-refractivity contribution in [3.05, 3.63) is 24.3 Å². The van der Waals surface area contributed by atoms with Crippen molar-refractivity contribution in [2.75, 3.05) is 32.5 Å². The lowest BCUT2D eigenvalue weighted by Crippen LogP contribution is -2.30. The van der Waals surface area contributed by atoms with Gasteiger partial charge in [0.05, 0.1) is 0 Å². The molecule has 112 valence electrons. The van der Waals surface area contributed by atoms with Gasteiger partial charge in [-0.2, -0.15) is 8.78 Å². The molecule has 0 saturated heterocycles. The number of hydrogen-bond donors (Lipinski definition) is 2. The Morgan fingerprint density at radius 3 is 2.50 bits per heavy atom. The second-order valence-electron chi connectivity index (χ2n) is 4.44. The van der Waals surface area contributed by atoms with Gasteiger partial charge in [-0.25, -0.2) is 0 Å². The van der Waals surface area contributed by atoms with Crippen molar-refractivity contribution in [3.63, 3.8) is 0 Å². The standard InChI is InChI=1S/C13H19F2N3OS/c1-18(2)9-3-8-16-13(20)17-10-4-6-11(7-5-10)19-12(14)15/h4-7,12H,3,8-9H2,1-2H3,(H2,16,17,20). The zero-order chi connectivity index (χ0) is 15.0. The molecule has 0 aliphatic rings. The molecule has 7 heteroatoms. The highest BCUT2D eigenvalue weighted by molar-refractivity contribution is 7.80. The van der Waals surface area contributed by atoms with E-state index in [1.54, 1.807) is 12.1 Å². The molecule has 0 atom stereocenters. The Morgan fingerprint density at radius 2 is 1.95 bits per heavy atom. The molecule has 4 nitrogen and oxygen atoms in total. The first-order valence-electron chi connectivity index (χ1n) is 6.22. The summed E-state index contributed by atoms with van der Waals surface area (Å²) in [5.41, 5.74) is 0.719. The van der Waals surface area contributed by atoms with Crippen molar-refractivity contribution in [1.29, 1.82) is 0 Å². The molecule has 1 aromatic carbocycles. The minimum Gasteiger partial charge on any atom is -0.435 e. The number of halogens is 2. The zero-order valence-electron chi connectivity index (χ0n) is 11.5. The maximum Gasteiger partial charge on any atom is 0.387 e. The van der Waals surface area contributed by atoms with Crippen LogP contribution in [-0.4, -0.2) is 43.8 Å². The smallest absolute Gasteiger partial charge is 0.387 e. The SMILES string of the molecule is CN(C)CCCNC(=S)Nc1ccc(OC(F)F)cc1. The molecular formula is C13H19F2N3OS. The Balaban J connectivity index is 2.31. The van der Waals surface area contributed by atoms with Crippen LogP contribution in [0.1, 0.15) is 6.42 Å². The average molecular weight is 303 g/mol. The highest BCUT2D eigenvalue weighted by Crippen LogP contribution is 2.17. The van der Waals surface area contributed by atoms with Gasteiger partial charge in [0.25, 0.3) is 0 Å². The van der Waals surface area contributed by atoms with Crippen LogP contribution in [0.4, 0.5) is 14.5 Å². The third-order valence-corrected chi connectivity index (χ3v) is 2.65. The number of ether oxygens (including phenoxy) is 1. The minimum atomic E-state index is -2.81. The topological polar surface area (TPSA) is 36.5 Å². The molecule has 20 heavy (non-hydrogen) atoms. The predicted octanol–water partition coefficient (Wildman–Crippen LogP) is 2.53. The summed E-state index contributed by atoms with van der Waals surface area (Å²) < 4.78 is 28.2. The van der Waals surface area contributed by atoms with Crippen LogP contribution in [0.3, 0.4) is 0 Å². The Bertz CT molecular complexity index is 413. The fraction of sp³-hybridized carbons (Fsp3) is 0.462. The van der Waals surface area contributed by atoms with E-state index < -0.39 is 6.61 Å². The van der Waals surface area contributed by atoms with Crippen LogP contribution in [0.25, 0.3) is 0 Å². The lowest BCUT2D eigenvalue weighted by Gasteiger charge is -2.13. The van der Waals surface area contributed by atoms with E-state index in [-0.39, 0.29) is 5.75 Å². The third kappa shape index (κ3) is 7.20. The molecule has 0 amide bonds. The molecule has 0 bridgehead atoms. The number of rotatable bonds is 7. The van der Waals surface area contributed by atoms with E-state index in [1.165, 1.54) is 12.1 Å². The Hall–Kier alpha value is -1.47. The van der Waals surface area contributed by atoms with Crippen molar-refractivity contribution in [1.82, 2.24) is 10.2 Å². The predicted molar refractivity (Wildman–Crippen MR) is 80.5 cm³/mol. The molecule has 0 saturated carbocycles. The van der Waals surface area contributed by atoms with Crippen LogP contribution in [0.15, 0.2) is 24.3 Å². The zero-order valence-corrected chi connectivity index (χ0v) is 12.3. The molecule has 1 rings (SSSR count). The quantitative estimate of drug-likeness (QED) is 0.598. The second kappa shape index (κ2) is 8.65. The van der Waals surface area contributed by atoms with Crippen molar-refractivity contribution in [3.8, 4) is 5.75 Å². The summed E-state index contributed by atoms with van der Waals surface area (Å²) in [6.45, 7) is -1.06. The van der Waals surface area contributed by atoms with Crippen LogP contribution in [0, 0.1) is 0 Å². The van der Waals surface area contributed by atoms with Crippen LogP contribution in [-0.2, 0) is 0 Å². The largest absolute Gasteiger partial charge is 0.435 e. The Kier molecular flexibility index (Phi) is 7.17. The molecule has 0 aliphatic carbocycles. The van der Waals surface area contributed by atoms with E-state index in [0.717, 1.165) is 25.2 Å². The number of anilines is 1. The Morgan fingerprint density at radius 1 is 1.30 bits per heavy atom. The lowest BCUT2D eigenvalue weighted by molar-refractivity contribution is -0.0498. The number of nitrogens with zero attached hydrogens (tertiary/aromatic N) is 1. The Labute approximate surface area is 123 Å². The summed E-state index contributed by atoms with van der Waals surface area (Å²) >= 11 is 5.13. The highest BCUT2D eigenvalue weighted by Gasteiger charge is 2.04. The van der Waals surface area contributed by atoms with E-state index in [1.807, 2.05) is 14.1 Å². The summed E-state index contributed by atoms with van der Waals surface area (Å²) in [5, 5.41) is 6.56. The van der Waals surface area contributed by atoms with E-state index >= 15 is 0 Å². The van der Waals surface area contributed by atoms with Crippen molar-refractivity contribution >= 4 is 23.0 Å². The van der Waals surface area contributed by atoms with E-state index in [9.17, 15) is 8.78 Å². The molecular weight excluding hydrogens is 284 g/mol. The van der Waals surface area contributed by atoms with Crippen LogP contribution in [0.2, 0.25) is 0 Å². The normalized spacial score (nSPS) is 10.7. The summed E-state index contributed by atoms with van der Waals surface area (Å²) in [4.78, 5) is 2.10. The van der Waals surface area contributed by atoms with Gasteiger partial charge < -0.3 is 20.3 Å². The molecule has 0 aliphatic heterocycles. The van der Waals surface area contributed by atoms with Crippen molar-refractivity contribution < 1.29 is 13.5 Å². The fourth-order valence-corrected chi connectivity index (χ4v) is 1.71. The number of alkyl halides is 2.